The number of benzene rings is 1. The molecule has 0 bridgehead atoms. The van der Waals surface area contributed by atoms with E-state index in [1.165, 1.54) is 6.07 Å². The highest BCUT2D eigenvalue weighted by Gasteiger charge is 2.30. The maximum Gasteiger partial charge on any atom is 0.228 e. The number of aromatic nitrogens is 2. The molecule has 2 aromatic heterocycles. The molecule has 0 saturated heterocycles. The first kappa shape index (κ1) is 20.3. The van der Waals surface area contributed by atoms with E-state index >= 15 is 0 Å². The Hall–Kier alpha value is -2.93. The monoisotopic (exact) mass is 409 g/mol. The lowest BCUT2D eigenvalue weighted by Gasteiger charge is -2.27. The molecule has 3 N–H and O–H groups in total. The van der Waals surface area contributed by atoms with Crippen LogP contribution in [0.3, 0.4) is 0 Å². The quantitative estimate of drug-likeness (QED) is 0.500. The van der Waals surface area contributed by atoms with Crippen molar-refractivity contribution in [3.8, 4) is 11.1 Å². The van der Waals surface area contributed by atoms with Gasteiger partial charge < -0.3 is 15.7 Å². The number of carbonyl (C=O) groups is 1. The summed E-state index contributed by atoms with van der Waals surface area (Å²) in [4.78, 5) is 19.7. The lowest BCUT2D eigenvalue weighted by atomic mass is 9.97. The van der Waals surface area contributed by atoms with E-state index in [4.69, 9.17) is 0 Å². The average Bonchev–Trinajstić information content (AvgIpc) is 3.39. The van der Waals surface area contributed by atoms with Crippen molar-refractivity contribution in [3.63, 3.8) is 0 Å². The lowest BCUT2D eigenvalue weighted by molar-refractivity contribution is -0.117. The number of anilines is 2. The maximum absolute atomic E-state index is 14.9. The summed E-state index contributed by atoms with van der Waals surface area (Å²) in [5.74, 6) is 0.219. The van der Waals surface area contributed by atoms with E-state index in [-0.39, 0.29) is 23.1 Å². The van der Waals surface area contributed by atoms with Gasteiger partial charge in [0.25, 0.3) is 0 Å². The van der Waals surface area contributed by atoms with Crippen LogP contribution < -0.4 is 10.7 Å². The number of amides is 1. The Morgan fingerprint density at radius 3 is 2.70 bits per heavy atom. The van der Waals surface area contributed by atoms with Gasteiger partial charge in [-0.25, -0.2) is 14.4 Å². The van der Waals surface area contributed by atoms with E-state index in [2.05, 4.69) is 41.5 Å². The van der Waals surface area contributed by atoms with Gasteiger partial charge in [-0.2, -0.15) is 0 Å². The van der Waals surface area contributed by atoms with Crippen LogP contribution in [0.15, 0.2) is 36.5 Å². The summed E-state index contributed by atoms with van der Waals surface area (Å²) in [6.07, 6.45) is 3.64. The van der Waals surface area contributed by atoms with Crippen molar-refractivity contribution >= 4 is 28.4 Å². The summed E-state index contributed by atoms with van der Waals surface area (Å²) in [6, 6.07) is 8.85. The van der Waals surface area contributed by atoms with Crippen molar-refractivity contribution in [1.82, 2.24) is 15.0 Å². The van der Waals surface area contributed by atoms with Gasteiger partial charge in [-0.3, -0.25) is 4.79 Å². The van der Waals surface area contributed by atoms with Crippen LogP contribution >= 0.6 is 0 Å². The van der Waals surface area contributed by atoms with Gasteiger partial charge in [0.05, 0.1) is 5.69 Å². The smallest absolute Gasteiger partial charge is 0.228 e. The second-order valence-corrected chi connectivity index (χ2v) is 9.28. The Morgan fingerprint density at radius 1 is 1.27 bits per heavy atom. The van der Waals surface area contributed by atoms with E-state index in [0.717, 1.165) is 35.9 Å². The van der Waals surface area contributed by atoms with Gasteiger partial charge in [0, 0.05) is 31.1 Å². The Kier molecular flexibility index (Phi) is 5.24. The van der Waals surface area contributed by atoms with Crippen LogP contribution in [0.25, 0.3) is 22.2 Å². The van der Waals surface area contributed by atoms with Gasteiger partial charge in [0.1, 0.15) is 17.3 Å². The van der Waals surface area contributed by atoms with Gasteiger partial charge in [0.15, 0.2) is 0 Å². The number of pyridine rings is 1. The fraction of sp³-hybridized carbons (Fsp3) is 0.391. The van der Waals surface area contributed by atoms with Crippen molar-refractivity contribution in [2.75, 3.05) is 24.3 Å². The first-order chi connectivity index (χ1) is 14.2. The highest BCUT2D eigenvalue weighted by atomic mass is 19.1. The van der Waals surface area contributed by atoms with Crippen LogP contribution in [-0.2, 0) is 4.79 Å². The minimum absolute atomic E-state index is 0.00744. The normalized spacial score (nSPS) is 14.3. The fourth-order valence-corrected chi connectivity index (χ4v) is 3.64. The zero-order chi connectivity index (χ0) is 21.5. The molecule has 2 heterocycles. The predicted octanol–water partition coefficient (Wildman–Crippen LogP) is 5.02. The molecule has 7 heteroatoms. The van der Waals surface area contributed by atoms with Crippen LogP contribution in [0.4, 0.5) is 15.9 Å². The largest absolute Gasteiger partial charge is 0.346 e. The number of fused-ring (bicyclic) bond motifs is 1. The second kappa shape index (κ2) is 7.72. The van der Waals surface area contributed by atoms with Crippen LogP contribution in [0, 0.1) is 17.2 Å². The van der Waals surface area contributed by atoms with Crippen LogP contribution in [0.5, 0.6) is 0 Å². The first-order valence-electron chi connectivity index (χ1n) is 10.3. The zero-order valence-electron chi connectivity index (χ0n) is 17.8. The maximum atomic E-state index is 14.9. The van der Waals surface area contributed by atoms with Crippen molar-refractivity contribution in [1.29, 1.82) is 0 Å². The molecule has 6 nitrogen and oxygen atoms in total. The first-order valence-corrected chi connectivity index (χ1v) is 10.3. The Bertz CT molecular complexity index is 1080. The molecular formula is C23H28FN5O. The molecule has 0 unspecified atom stereocenters. The molecule has 158 valence electrons. The van der Waals surface area contributed by atoms with Gasteiger partial charge >= 0.3 is 0 Å². The summed E-state index contributed by atoms with van der Waals surface area (Å²) < 4.78 is 14.9. The summed E-state index contributed by atoms with van der Waals surface area (Å²) in [7, 11) is 1.90. The van der Waals surface area contributed by atoms with Gasteiger partial charge in [0.2, 0.25) is 5.91 Å². The molecular weight excluding hydrogens is 381 g/mol. The molecule has 1 aromatic carbocycles. The molecule has 4 rings (SSSR count). The number of H-pyrrole nitrogens is 1. The number of hydrogen-bond acceptors (Lipinski definition) is 4. The molecule has 0 atom stereocenters. The van der Waals surface area contributed by atoms with E-state index < -0.39 is 0 Å². The van der Waals surface area contributed by atoms with Crippen molar-refractivity contribution in [2.24, 2.45) is 11.3 Å². The average molecular weight is 410 g/mol. The minimum atomic E-state index is -0.336. The summed E-state index contributed by atoms with van der Waals surface area (Å²) in [5, 5.41) is 5.66. The van der Waals surface area contributed by atoms with E-state index in [0.29, 0.717) is 17.2 Å². The minimum Gasteiger partial charge on any atom is -0.346 e. The molecule has 1 saturated carbocycles. The predicted molar refractivity (Wildman–Crippen MR) is 119 cm³/mol. The Morgan fingerprint density at radius 2 is 2.03 bits per heavy atom. The molecule has 1 amide bonds. The van der Waals surface area contributed by atoms with Gasteiger partial charge in [-0.1, -0.05) is 26.8 Å². The molecule has 1 aliphatic carbocycles. The third-order valence-corrected chi connectivity index (χ3v) is 5.03. The molecule has 30 heavy (non-hydrogen) atoms. The van der Waals surface area contributed by atoms with E-state index in [1.807, 2.05) is 30.3 Å². The summed E-state index contributed by atoms with van der Waals surface area (Å²) >= 11 is 0. The lowest BCUT2D eigenvalue weighted by Crippen LogP contribution is -2.34. The molecule has 3 aromatic rings. The topological polar surface area (TPSA) is 73.0 Å². The van der Waals surface area contributed by atoms with Gasteiger partial charge in [-0.05, 0) is 53.6 Å². The van der Waals surface area contributed by atoms with Crippen molar-refractivity contribution < 1.29 is 9.18 Å². The summed E-state index contributed by atoms with van der Waals surface area (Å²) in [5.41, 5.74) is 5.84. The van der Waals surface area contributed by atoms with Crippen molar-refractivity contribution in [2.45, 2.75) is 33.6 Å². The zero-order valence-corrected chi connectivity index (χ0v) is 17.8. The summed E-state index contributed by atoms with van der Waals surface area (Å²) in [6.45, 7) is 7.17. The standard InChI is InChI=1S/C23H28FN5O/c1-23(2,3)13-29(4)28-19-8-7-15(11-18(19)24)17-12-20(27-22(30)14-5-6-14)26-21-16(17)9-10-25-21/h7-12,14,28H,5-6,13H2,1-4H3,(H2,25,26,27,30). The Labute approximate surface area is 175 Å². The highest BCUT2D eigenvalue weighted by molar-refractivity contribution is 5.99. The van der Waals surface area contributed by atoms with Gasteiger partial charge in [-0.15, -0.1) is 0 Å². The number of halogens is 1. The third-order valence-electron chi connectivity index (χ3n) is 5.03. The molecule has 1 aliphatic rings. The van der Waals surface area contributed by atoms with Crippen LogP contribution in [0.2, 0.25) is 0 Å². The SMILES string of the molecule is CN(CC(C)(C)C)Nc1ccc(-c2cc(NC(=O)C3CC3)nc3[nH]ccc23)cc1F. The number of aromatic amines is 1. The van der Waals surface area contributed by atoms with E-state index in [9.17, 15) is 9.18 Å². The number of hydrogen-bond donors (Lipinski definition) is 3. The Balaban J connectivity index is 1.62. The molecule has 0 spiro atoms. The third kappa shape index (κ3) is 4.62. The highest BCUT2D eigenvalue weighted by Crippen LogP contribution is 2.34. The second-order valence-electron chi connectivity index (χ2n) is 9.28. The van der Waals surface area contributed by atoms with Crippen molar-refractivity contribution in [3.05, 3.63) is 42.3 Å². The number of carbonyl (C=O) groups excluding carboxylic acids is 1. The van der Waals surface area contributed by atoms with Crippen LogP contribution in [-0.4, -0.2) is 34.5 Å². The number of nitrogens with one attached hydrogen (secondary N) is 3. The molecule has 0 radical (unpaired) electrons. The number of hydrazine groups is 1. The fourth-order valence-electron chi connectivity index (χ4n) is 3.64. The van der Waals surface area contributed by atoms with E-state index in [1.54, 1.807) is 12.3 Å². The number of rotatable bonds is 6. The molecule has 0 aliphatic heterocycles. The molecule has 1 fully saturated rings. The number of nitrogens with zero attached hydrogens (tertiary/aromatic N) is 2. The van der Waals surface area contributed by atoms with Crippen LogP contribution in [0.1, 0.15) is 33.6 Å².